The highest BCUT2D eigenvalue weighted by molar-refractivity contribution is 6.05. The third-order valence-electron chi connectivity index (χ3n) is 6.48. The molecule has 0 unspecified atom stereocenters. The van der Waals surface area contributed by atoms with E-state index in [9.17, 15) is 22.4 Å². The van der Waals surface area contributed by atoms with Gasteiger partial charge in [0, 0.05) is 41.9 Å². The van der Waals surface area contributed by atoms with E-state index in [1.165, 1.54) is 47.8 Å². The second-order valence-electron chi connectivity index (χ2n) is 9.74. The maximum absolute atomic E-state index is 15.0. The Morgan fingerprint density at radius 1 is 1.07 bits per heavy atom. The minimum atomic E-state index is -4.72. The lowest BCUT2D eigenvalue weighted by Gasteiger charge is -2.22. The van der Waals surface area contributed by atoms with Gasteiger partial charge in [0.15, 0.2) is 0 Å². The fraction of sp³-hybridized carbons (Fsp3) is 0.179. The molecule has 10 nitrogen and oxygen atoms in total. The fourth-order valence-corrected chi connectivity index (χ4v) is 4.29. The number of anilines is 5. The van der Waals surface area contributed by atoms with Crippen molar-refractivity contribution in [3.05, 3.63) is 96.3 Å². The highest BCUT2D eigenvalue weighted by atomic mass is 19.4. The summed E-state index contributed by atoms with van der Waals surface area (Å²) in [5, 5.41) is 5.71. The summed E-state index contributed by atoms with van der Waals surface area (Å²) in [6, 6.07) is 8.90. The highest BCUT2D eigenvalue weighted by Gasteiger charge is 2.32. The van der Waals surface area contributed by atoms with Gasteiger partial charge in [0.1, 0.15) is 23.8 Å². The van der Waals surface area contributed by atoms with Crippen molar-refractivity contribution in [2.24, 2.45) is 0 Å². The zero-order valence-corrected chi connectivity index (χ0v) is 22.0. The first-order chi connectivity index (χ1) is 20.1. The Morgan fingerprint density at radius 3 is 2.60 bits per heavy atom. The van der Waals surface area contributed by atoms with E-state index < -0.39 is 23.5 Å². The Kier molecular flexibility index (Phi) is 6.80. The van der Waals surface area contributed by atoms with Crippen LogP contribution >= 0.6 is 0 Å². The number of benzene rings is 2. The number of aromatic nitrogens is 6. The summed E-state index contributed by atoms with van der Waals surface area (Å²) in [6.07, 6.45) is 4.75. The molecule has 3 heterocycles. The van der Waals surface area contributed by atoms with Gasteiger partial charge in [-0.25, -0.2) is 24.3 Å². The van der Waals surface area contributed by atoms with Gasteiger partial charge < -0.3 is 20.2 Å². The van der Waals surface area contributed by atoms with Crippen molar-refractivity contribution in [3.8, 4) is 5.69 Å². The number of aryl methyl sites for hydroxylation is 1. The lowest BCUT2D eigenvalue weighted by molar-refractivity contribution is -0.137. The first kappa shape index (κ1) is 26.9. The van der Waals surface area contributed by atoms with Crippen LogP contribution in [0.5, 0.6) is 0 Å². The van der Waals surface area contributed by atoms with E-state index in [4.69, 9.17) is 0 Å². The second kappa shape index (κ2) is 10.6. The molecule has 1 amide bonds. The maximum atomic E-state index is 15.0. The van der Waals surface area contributed by atoms with Crippen molar-refractivity contribution >= 4 is 34.9 Å². The predicted molar refractivity (Wildman–Crippen MR) is 147 cm³/mol. The van der Waals surface area contributed by atoms with Crippen LogP contribution in [-0.2, 0) is 6.18 Å². The molecular formula is C28H23F4N9O. The van der Waals surface area contributed by atoms with Crippen molar-refractivity contribution in [3.63, 3.8) is 0 Å². The number of aromatic amines is 1. The summed E-state index contributed by atoms with van der Waals surface area (Å²) in [5.41, 5.74) is -0.571. The summed E-state index contributed by atoms with van der Waals surface area (Å²) >= 11 is 0. The largest absolute Gasteiger partial charge is 0.416 e. The van der Waals surface area contributed by atoms with Gasteiger partial charge >= 0.3 is 6.18 Å². The standard InChI is InChI=1S/C28H23F4N9O/c1-16-13-40(15-37-16)21-9-17(8-18(10-21)28(30,31)32)26(42)39-23-11-20(4-5-22(23)29)41(27-33-6-7-34-27)25-12-24(35-14-36-25)38-19-2-3-19/h4-15,19H,2-3H2,1H3,(H,33,34)(H,39,42)(H,35,36,38). The molecule has 1 aliphatic rings. The van der Waals surface area contributed by atoms with Crippen LogP contribution in [-0.4, -0.2) is 41.4 Å². The number of hydrogen-bond donors (Lipinski definition) is 3. The minimum Gasteiger partial charge on any atom is -0.367 e. The van der Waals surface area contributed by atoms with E-state index in [1.807, 2.05) is 0 Å². The molecule has 0 saturated heterocycles. The number of carbonyl (C=O) groups excluding carboxylic acids is 1. The molecule has 5 aromatic rings. The van der Waals surface area contributed by atoms with Crippen molar-refractivity contribution in [2.75, 3.05) is 15.5 Å². The van der Waals surface area contributed by atoms with Crippen LogP contribution in [0.25, 0.3) is 5.69 Å². The van der Waals surface area contributed by atoms with Crippen LogP contribution < -0.4 is 15.5 Å². The molecule has 0 spiro atoms. The molecule has 0 radical (unpaired) electrons. The fourth-order valence-electron chi connectivity index (χ4n) is 4.29. The Labute approximate surface area is 236 Å². The SMILES string of the molecule is Cc1cn(-c2cc(C(=O)Nc3cc(N(c4cc(NC5CC5)ncn4)c4ncc[nH]4)ccc3F)cc(C(F)(F)F)c2)cn1. The van der Waals surface area contributed by atoms with Crippen LogP contribution in [0.1, 0.15) is 34.5 Å². The van der Waals surface area contributed by atoms with Gasteiger partial charge in [-0.05, 0) is 56.2 Å². The Balaban J connectivity index is 1.35. The first-order valence-electron chi connectivity index (χ1n) is 12.9. The van der Waals surface area contributed by atoms with Gasteiger partial charge in [-0.2, -0.15) is 13.2 Å². The number of halogens is 4. The average molecular weight is 578 g/mol. The number of nitrogens with one attached hydrogen (secondary N) is 3. The van der Waals surface area contributed by atoms with Crippen LogP contribution in [0.15, 0.2) is 73.7 Å². The topological polar surface area (TPSA) is 117 Å². The third-order valence-corrected chi connectivity index (χ3v) is 6.48. The predicted octanol–water partition coefficient (Wildman–Crippen LogP) is 6.15. The van der Waals surface area contributed by atoms with Crippen LogP contribution in [0.2, 0.25) is 0 Å². The smallest absolute Gasteiger partial charge is 0.367 e. The minimum absolute atomic E-state index is 0.0770. The lowest BCUT2D eigenvalue weighted by atomic mass is 10.1. The Bertz CT molecular complexity index is 1750. The van der Waals surface area contributed by atoms with Gasteiger partial charge in [-0.1, -0.05) is 0 Å². The van der Waals surface area contributed by atoms with E-state index in [1.54, 1.807) is 24.1 Å². The summed E-state index contributed by atoms with van der Waals surface area (Å²) in [5.74, 6) is -0.359. The van der Waals surface area contributed by atoms with E-state index in [-0.39, 0.29) is 16.9 Å². The molecule has 42 heavy (non-hydrogen) atoms. The van der Waals surface area contributed by atoms with Crippen molar-refractivity contribution in [1.29, 1.82) is 0 Å². The van der Waals surface area contributed by atoms with Gasteiger partial charge in [-0.15, -0.1) is 0 Å². The number of rotatable bonds is 8. The van der Waals surface area contributed by atoms with Crippen molar-refractivity contribution < 1.29 is 22.4 Å². The molecular weight excluding hydrogens is 554 g/mol. The van der Waals surface area contributed by atoms with E-state index in [0.717, 1.165) is 31.0 Å². The Hall–Kier alpha value is -5.27. The average Bonchev–Trinajstić information content (AvgIpc) is 3.40. The molecule has 0 bridgehead atoms. The van der Waals surface area contributed by atoms with Crippen molar-refractivity contribution in [2.45, 2.75) is 32.0 Å². The maximum Gasteiger partial charge on any atom is 0.416 e. The zero-order valence-electron chi connectivity index (χ0n) is 22.0. The normalized spacial score (nSPS) is 13.2. The van der Waals surface area contributed by atoms with E-state index in [0.29, 0.717) is 35.0 Å². The van der Waals surface area contributed by atoms with Gasteiger partial charge in [0.2, 0.25) is 5.95 Å². The second-order valence-corrected chi connectivity index (χ2v) is 9.74. The molecule has 214 valence electrons. The molecule has 1 fully saturated rings. The number of carbonyl (C=O) groups is 1. The van der Waals surface area contributed by atoms with Crippen LogP contribution in [0.4, 0.5) is 46.5 Å². The molecule has 1 aliphatic carbocycles. The van der Waals surface area contributed by atoms with Crippen LogP contribution in [0.3, 0.4) is 0 Å². The van der Waals surface area contributed by atoms with E-state index in [2.05, 4.69) is 35.6 Å². The molecule has 3 N–H and O–H groups in total. The monoisotopic (exact) mass is 577 g/mol. The van der Waals surface area contributed by atoms with Gasteiger partial charge in [-0.3, -0.25) is 9.69 Å². The molecule has 0 aliphatic heterocycles. The lowest BCUT2D eigenvalue weighted by Crippen LogP contribution is -2.17. The Morgan fingerprint density at radius 2 is 1.90 bits per heavy atom. The van der Waals surface area contributed by atoms with Crippen molar-refractivity contribution in [1.82, 2.24) is 29.5 Å². The molecule has 6 rings (SSSR count). The zero-order chi connectivity index (χ0) is 29.4. The third kappa shape index (κ3) is 5.77. The summed E-state index contributed by atoms with van der Waals surface area (Å²) in [7, 11) is 0. The summed E-state index contributed by atoms with van der Waals surface area (Å²) < 4.78 is 57.5. The first-order valence-corrected chi connectivity index (χ1v) is 12.9. The number of hydrogen-bond acceptors (Lipinski definition) is 7. The molecule has 14 heteroatoms. The van der Waals surface area contributed by atoms with Gasteiger partial charge in [0.25, 0.3) is 5.91 Å². The summed E-state index contributed by atoms with van der Waals surface area (Å²) in [4.78, 5) is 34.8. The molecule has 0 atom stereocenters. The molecule has 1 saturated carbocycles. The quantitative estimate of drug-likeness (QED) is 0.190. The van der Waals surface area contributed by atoms with Gasteiger partial charge in [0.05, 0.1) is 29.0 Å². The number of imidazole rings is 2. The highest BCUT2D eigenvalue weighted by Crippen LogP contribution is 2.35. The molecule has 3 aromatic heterocycles. The van der Waals surface area contributed by atoms with E-state index >= 15 is 0 Å². The summed E-state index contributed by atoms with van der Waals surface area (Å²) in [6.45, 7) is 1.69. The number of amides is 1. The number of nitrogens with zero attached hydrogens (tertiary/aromatic N) is 6. The number of alkyl halides is 3. The van der Waals surface area contributed by atoms with Crippen LogP contribution in [0, 0.1) is 12.7 Å². The molecule has 2 aromatic carbocycles. The number of H-pyrrole nitrogens is 1.